The summed E-state index contributed by atoms with van der Waals surface area (Å²) in [7, 11) is 0. The summed E-state index contributed by atoms with van der Waals surface area (Å²) in [6.45, 7) is 0. The lowest BCUT2D eigenvalue weighted by molar-refractivity contribution is 0.0645. The van der Waals surface area contributed by atoms with E-state index in [0.717, 1.165) is 12.1 Å². The number of esters is 1. The van der Waals surface area contributed by atoms with E-state index in [-0.39, 0.29) is 21.9 Å². The number of hydrogen-bond acceptors (Lipinski definition) is 6. The Morgan fingerprint density at radius 2 is 1.17 bits per heavy atom. The zero-order valence-electron chi connectivity index (χ0n) is 14.4. The number of aromatic carboxylic acids is 3. The predicted molar refractivity (Wildman–Crippen MR) is 97.9 cm³/mol. The van der Waals surface area contributed by atoms with Crippen LogP contribution in [0, 0.1) is 0 Å². The van der Waals surface area contributed by atoms with Crippen molar-refractivity contribution in [2.75, 3.05) is 0 Å². The Balaban J connectivity index is 2.07. The van der Waals surface area contributed by atoms with Crippen molar-refractivity contribution in [1.29, 1.82) is 0 Å². The molecular formula is C20H12O9. The number of phenols is 1. The Kier molecular flexibility index (Phi) is 4.88. The van der Waals surface area contributed by atoms with Gasteiger partial charge >= 0.3 is 23.9 Å². The monoisotopic (exact) mass is 396 g/mol. The van der Waals surface area contributed by atoms with Gasteiger partial charge in [0.05, 0.1) is 16.7 Å². The average molecular weight is 396 g/mol. The molecule has 0 atom stereocenters. The number of carbonyl (C=O) groups is 4. The van der Waals surface area contributed by atoms with Crippen LogP contribution in [0.5, 0.6) is 11.5 Å². The molecule has 0 spiro atoms. The van der Waals surface area contributed by atoms with Gasteiger partial charge in [-0.2, -0.15) is 0 Å². The number of fused-ring (bicyclic) bond motifs is 1. The SMILES string of the molecule is O=C(O)c1ccc(OC(=O)c2ccc(C(=O)O)c3ccccc23)c(O)c1C(=O)O. The summed E-state index contributed by atoms with van der Waals surface area (Å²) in [5.74, 6) is -7.04. The van der Waals surface area contributed by atoms with Gasteiger partial charge in [0, 0.05) is 0 Å². The minimum absolute atomic E-state index is 0.0239. The largest absolute Gasteiger partial charge is 0.504 e. The van der Waals surface area contributed by atoms with Gasteiger partial charge in [-0.1, -0.05) is 24.3 Å². The fourth-order valence-corrected chi connectivity index (χ4v) is 2.87. The average Bonchev–Trinajstić information content (AvgIpc) is 2.67. The lowest BCUT2D eigenvalue weighted by Crippen LogP contribution is -2.13. The van der Waals surface area contributed by atoms with Gasteiger partial charge in [0.25, 0.3) is 0 Å². The molecule has 29 heavy (non-hydrogen) atoms. The second-order valence-corrected chi connectivity index (χ2v) is 5.85. The third-order valence-corrected chi connectivity index (χ3v) is 4.16. The summed E-state index contributed by atoms with van der Waals surface area (Å²) in [5.41, 5.74) is -1.65. The highest BCUT2D eigenvalue weighted by atomic mass is 16.5. The van der Waals surface area contributed by atoms with E-state index in [9.17, 15) is 34.5 Å². The van der Waals surface area contributed by atoms with E-state index < -0.39 is 46.5 Å². The van der Waals surface area contributed by atoms with Crippen molar-refractivity contribution >= 4 is 34.6 Å². The minimum atomic E-state index is -1.71. The van der Waals surface area contributed by atoms with Crippen LogP contribution in [0.15, 0.2) is 48.5 Å². The van der Waals surface area contributed by atoms with Crippen LogP contribution in [0.25, 0.3) is 10.8 Å². The molecule has 0 aliphatic carbocycles. The van der Waals surface area contributed by atoms with Gasteiger partial charge in [-0.05, 0) is 35.0 Å². The second-order valence-electron chi connectivity index (χ2n) is 5.85. The van der Waals surface area contributed by atoms with Crippen LogP contribution in [0.4, 0.5) is 0 Å². The molecule has 0 radical (unpaired) electrons. The quantitative estimate of drug-likeness (QED) is 0.376. The number of rotatable bonds is 5. The lowest BCUT2D eigenvalue weighted by Gasteiger charge is -2.12. The van der Waals surface area contributed by atoms with Crippen molar-refractivity contribution in [3.63, 3.8) is 0 Å². The van der Waals surface area contributed by atoms with E-state index in [1.807, 2.05) is 0 Å². The minimum Gasteiger partial charge on any atom is -0.504 e. The molecule has 3 rings (SSSR count). The molecule has 9 heteroatoms. The third kappa shape index (κ3) is 3.44. The summed E-state index contributed by atoms with van der Waals surface area (Å²) in [6.07, 6.45) is 0. The van der Waals surface area contributed by atoms with Crippen LogP contribution in [-0.2, 0) is 0 Å². The molecule has 0 amide bonds. The number of benzene rings is 3. The van der Waals surface area contributed by atoms with Crippen LogP contribution in [0.3, 0.4) is 0 Å². The maximum absolute atomic E-state index is 12.6. The highest BCUT2D eigenvalue weighted by Crippen LogP contribution is 2.34. The molecule has 0 heterocycles. The van der Waals surface area contributed by atoms with Crippen LogP contribution < -0.4 is 4.74 Å². The molecule has 0 aliphatic heterocycles. The van der Waals surface area contributed by atoms with E-state index in [0.29, 0.717) is 0 Å². The van der Waals surface area contributed by atoms with Crippen molar-refractivity contribution in [1.82, 2.24) is 0 Å². The molecule has 0 aliphatic rings. The van der Waals surface area contributed by atoms with Crippen LogP contribution in [0.1, 0.15) is 41.4 Å². The van der Waals surface area contributed by atoms with Crippen molar-refractivity contribution in [3.8, 4) is 11.5 Å². The summed E-state index contributed by atoms with van der Waals surface area (Å²) >= 11 is 0. The van der Waals surface area contributed by atoms with Gasteiger partial charge < -0.3 is 25.2 Å². The summed E-state index contributed by atoms with van der Waals surface area (Å²) < 4.78 is 5.07. The Morgan fingerprint density at radius 1 is 0.655 bits per heavy atom. The highest BCUT2D eigenvalue weighted by Gasteiger charge is 2.25. The van der Waals surface area contributed by atoms with E-state index in [1.165, 1.54) is 24.3 Å². The number of aromatic hydroxyl groups is 1. The molecule has 0 fully saturated rings. The molecule has 0 unspecified atom stereocenters. The Morgan fingerprint density at radius 3 is 1.72 bits per heavy atom. The fourth-order valence-electron chi connectivity index (χ4n) is 2.87. The third-order valence-electron chi connectivity index (χ3n) is 4.16. The Labute approximate surface area is 162 Å². The molecule has 146 valence electrons. The van der Waals surface area contributed by atoms with Crippen molar-refractivity contribution in [2.45, 2.75) is 0 Å². The first kappa shape index (κ1) is 19.4. The molecule has 0 aromatic heterocycles. The molecule has 3 aromatic carbocycles. The number of carboxylic acids is 3. The lowest BCUT2D eigenvalue weighted by atomic mass is 9.99. The number of carbonyl (C=O) groups excluding carboxylic acids is 1. The number of ether oxygens (including phenoxy) is 1. The van der Waals surface area contributed by atoms with Gasteiger partial charge in [-0.15, -0.1) is 0 Å². The first-order valence-corrected chi connectivity index (χ1v) is 8.02. The van der Waals surface area contributed by atoms with Gasteiger partial charge in [0.15, 0.2) is 11.5 Å². The van der Waals surface area contributed by atoms with E-state index >= 15 is 0 Å². The van der Waals surface area contributed by atoms with Gasteiger partial charge in [-0.3, -0.25) is 0 Å². The van der Waals surface area contributed by atoms with Gasteiger partial charge in [0.1, 0.15) is 5.56 Å². The predicted octanol–water partition coefficient (Wildman–Crippen LogP) is 2.86. The number of hydrogen-bond donors (Lipinski definition) is 4. The van der Waals surface area contributed by atoms with Crippen molar-refractivity contribution in [2.24, 2.45) is 0 Å². The van der Waals surface area contributed by atoms with E-state index in [1.54, 1.807) is 12.1 Å². The molecule has 0 saturated carbocycles. The van der Waals surface area contributed by atoms with Crippen LogP contribution >= 0.6 is 0 Å². The zero-order valence-corrected chi connectivity index (χ0v) is 14.4. The maximum Gasteiger partial charge on any atom is 0.344 e. The molecule has 9 nitrogen and oxygen atoms in total. The Bertz CT molecular complexity index is 1190. The molecule has 0 saturated heterocycles. The molecule has 0 bridgehead atoms. The normalized spacial score (nSPS) is 10.5. The van der Waals surface area contributed by atoms with Gasteiger partial charge in [0.2, 0.25) is 0 Å². The Hall–Kier alpha value is -4.40. The summed E-state index contributed by atoms with van der Waals surface area (Å²) in [4.78, 5) is 46.4. The topological polar surface area (TPSA) is 158 Å². The van der Waals surface area contributed by atoms with Crippen LogP contribution in [-0.4, -0.2) is 44.3 Å². The smallest absolute Gasteiger partial charge is 0.344 e. The molecule has 3 aromatic rings. The second kappa shape index (κ2) is 7.31. The summed E-state index contributed by atoms with van der Waals surface area (Å²) in [5, 5.41) is 38.2. The van der Waals surface area contributed by atoms with Gasteiger partial charge in [-0.25, -0.2) is 19.2 Å². The number of carboxylic acid groups (broad SMARTS) is 3. The van der Waals surface area contributed by atoms with Crippen LogP contribution in [0.2, 0.25) is 0 Å². The molecular weight excluding hydrogens is 384 g/mol. The molecule has 4 N–H and O–H groups in total. The van der Waals surface area contributed by atoms with Crippen molar-refractivity contribution < 1.29 is 44.3 Å². The standard InChI is InChI=1S/C20H12O9/c21-16-14(8-7-13(18(24)25)15(16)19(26)27)29-20(28)12-6-5-11(17(22)23)9-3-1-2-4-10(9)12/h1-8,21H,(H,22,23)(H,24,25)(H,26,27). The maximum atomic E-state index is 12.6. The van der Waals surface area contributed by atoms with E-state index in [4.69, 9.17) is 9.84 Å². The first-order chi connectivity index (χ1) is 13.7. The summed E-state index contributed by atoms with van der Waals surface area (Å²) in [6, 6.07) is 10.5. The first-order valence-electron chi connectivity index (χ1n) is 8.02. The van der Waals surface area contributed by atoms with Crippen molar-refractivity contribution in [3.05, 3.63) is 70.8 Å². The zero-order chi connectivity index (χ0) is 21.3. The highest BCUT2D eigenvalue weighted by molar-refractivity contribution is 6.12. The van der Waals surface area contributed by atoms with E-state index in [2.05, 4.69) is 0 Å². The fraction of sp³-hybridized carbons (Fsp3) is 0.